The number of aromatic nitrogens is 3. The van der Waals surface area contributed by atoms with Crippen LogP contribution in [-0.4, -0.2) is 26.4 Å². The highest BCUT2D eigenvalue weighted by atomic mass is 32.2. The average Bonchev–Trinajstić information content (AvgIpc) is 2.95. The molecule has 0 radical (unpaired) electrons. The van der Waals surface area contributed by atoms with Crippen LogP contribution in [0.25, 0.3) is 0 Å². The SMILES string of the molecule is CCc1ccc([C@@H](NC(=O)CSc2nncn2C)C(C)C)cc1. The van der Waals surface area contributed by atoms with E-state index in [9.17, 15) is 4.79 Å². The zero-order valence-electron chi connectivity index (χ0n) is 14.1. The van der Waals surface area contributed by atoms with Crippen molar-refractivity contribution in [1.29, 1.82) is 0 Å². The molecule has 1 amide bonds. The summed E-state index contributed by atoms with van der Waals surface area (Å²) in [5.74, 6) is 0.672. The fourth-order valence-electron chi connectivity index (χ4n) is 2.34. The summed E-state index contributed by atoms with van der Waals surface area (Å²) in [6, 6.07) is 8.50. The number of nitrogens with zero attached hydrogens (tertiary/aromatic N) is 3. The predicted molar refractivity (Wildman–Crippen MR) is 93.3 cm³/mol. The van der Waals surface area contributed by atoms with Gasteiger partial charge in [-0.05, 0) is 23.5 Å². The lowest BCUT2D eigenvalue weighted by atomic mass is 9.95. The van der Waals surface area contributed by atoms with Crippen molar-refractivity contribution in [3.05, 3.63) is 41.7 Å². The van der Waals surface area contributed by atoms with Crippen LogP contribution in [0.1, 0.15) is 37.9 Å². The summed E-state index contributed by atoms with van der Waals surface area (Å²) >= 11 is 1.39. The van der Waals surface area contributed by atoms with Crippen LogP contribution in [0.5, 0.6) is 0 Å². The van der Waals surface area contributed by atoms with E-state index in [1.165, 1.54) is 17.3 Å². The molecule has 5 nitrogen and oxygen atoms in total. The topological polar surface area (TPSA) is 59.8 Å². The third kappa shape index (κ3) is 4.82. The first-order valence-electron chi connectivity index (χ1n) is 7.86. The van der Waals surface area contributed by atoms with E-state index in [1.807, 2.05) is 7.05 Å². The van der Waals surface area contributed by atoms with E-state index in [4.69, 9.17) is 0 Å². The summed E-state index contributed by atoms with van der Waals surface area (Å²) in [4.78, 5) is 12.3. The lowest BCUT2D eigenvalue weighted by Crippen LogP contribution is -2.33. The maximum Gasteiger partial charge on any atom is 0.230 e. The Hall–Kier alpha value is -1.82. The molecule has 0 aliphatic heterocycles. The fourth-order valence-corrected chi connectivity index (χ4v) is 3.04. The standard InChI is InChI=1S/C17H24N4OS/c1-5-13-6-8-14(9-7-13)16(12(2)3)19-15(22)10-23-17-20-18-11-21(17)4/h6-9,11-12,16H,5,10H2,1-4H3,(H,19,22)/t16-/m0/s1. The summed E-state index contributed by atoms with van der Waals surface area (Å²) in [5.41, 5.74) is 2.45. The second-order valence-electron chi connectivity index (χ2n) is 5.90. The number of hydrogen-bond donors (Lipinski definition) is 1. The van der Waals surface area contributed by atoms with Gasteiger partial charge >= 0.3 is 0 Å². The fraction of sp³-hybridized carbons (Fsp3) is 0.471. The van der Waals surface area contributed by atoms with Crippen molar-refractivity contribution >= 4 is 17.7 Å². The van der Waals surface area contributed by atoms with Gasteiger partial charge in [0.1, 0.15) is 6.33 Å². The molecule has 1 aromatic carbocycles. The molecule has 0 bridgehead atoms. The van der Waals surface area contributed by atoms with Gasteiger partial charge in [-0.1, -0.05) is 56.8 Å². The van der Waals surface area contributed by atoms with Crippen LogP contribution in [0, 0.1) is 5.92 Å². The Morgan fingerprint density at radius 1 is 1.30 bits per heavy atom. The number of nitrogens with one attached hydrogen (secondary N) is 1. The Bertz CT molecular complexity index is 636. The first kappa shape index (κ1) is 17.5. The van der Waals surface area contributed by atoms with E-state index in [-0.39, 0.29) is 11.9 Å². The van der Waals surface area contributed by atoms with Gasteiger partial charge in [0.2, 0.25) is 5.91 Å². The first-order chi connectivity index (χ1) is 11.0. The largest absolute Gasteiger partial charge is 0.348 e. The molecule has 0 spiro atoms. The molecule has 0 unspecified atom stereocenters. The van der Waals surface area contributed by atoms with E-state index in [0.717, 1.165) is 17.1 Å². The van der Waals surface area contributed by atoms with E-state index in [1.54, 1.807) is 10.9 Å². The maximum atomic E-state index is 12.3. The van der Waals surface area contributed by atoms with Gasteiger partial charge in [-0.25, -0.2) is 0 Å². The Balaban J connectivity index is 1.98. The lowest BCUT2D eigenvalue weighted by Gasteiger charge is -2.23. The smallest absolute Gasteiger partial charge is 0.230 e. The van der Waals surface area contributed by atoms with Crippen molar-refractivity contribution in [3.8, 4) is 0 Å². The van der Waals surface area contributed by atoms with Crippen molar-refractivity contribution in [1.82, 2.24) is 20.1 Å². The normalized spacial score (nSPS) is 12.4. The summed E-state index contributed by atoms with van der Waals surface area (Å²) in [5, 5.41) is 11.7. The van der Waals surface area contributed by atoms with E-state index < -0.39 is 0 Å². The number of benzene rings is 1. The van der Waals surface area contributed by atoms with Crippen LogP contribution in [0.4, 0.5) is 0 Å². The molecule has 1 heterocycles. The van der Waals surface area contributed by atoms with Crippen molar-refractivity contribution in [3.63, 3.8) is 0 Å². The van der Waals surface area contributed by atoms with Crippen molar-refractivity contribution in [2.45, 2.75) is 38.4 Å². The molecule has 0 saturated carbocycles. The number of carbonyl (C=O) groups excluding carboxylic acids is 1. The Morgan fingerprint density at radius 3 is 2.52 bits per heavy atom. The minimum atomic E-state index is 0.0104. The molecule has 0 fully saturated rings. The number of thioether (sulfide) groups is 1. The lowest BCUT2D eigenvalue weighted by molar-refractivity contribution is -0.119. The molecule has 0 saturated heterocycles. The van der Waals surface area contributed by atoms with Gasteiger partial charge in [-0.3, -0.25) is 4.79 Å². The molecule has 0 aliphatic rings. The molecule has 6 heteroatoms. The predicted octanol–water partition coefficient (Wildman–Crippen LogP) is 2.98. The van der Waals surface area contributed by atoms with Gasteiger partial charge in [-0.15, -0.1) is 10.2 Å². The Kier molecular flexibility index (Phi) is 6.21. The second-order valence-corrected chi connectivity index (χ2v) is 6.84. The molecule has 0 aliphatic carbocycles. The van der Waals surface area contributed by atoms with Crippen LogP contribution in [0.2, 0.25) is 0 Å². The van der Waals surface area contributed by atoms with Gasteiger partial charge in [0.05, 0.1) is 11.8 Å². The molecule has 1 atom stereocenters. The number of aryl methyl sites for hydroxylation is 2. The first-order valence-corrected chi connectivity index (χ1v) is 8.84. The zero-order valence-corrected chi connectivity index (χ0v) is 14.9. The number of carbonyl (C=O) groups is 1. The highest BCUT2D eigenvalue weighted by Crippen LogP contribution is 2.23. The molecule has 1 aromatic heterocycles. The average molecular weight is 332 g/mol. The monoisotopic (exact) mass is 332 g/mol. The van der Waals surface area contributed by atoms with Crippen molar-refractivity contribution in [2.75, 3.05) is 5.75 Å². The number of hydrogen-bond acceptors (Lipinski definition) is 4. The molecule has 23 heavy (non-hydrogen) atoms. The van der Waals surface area contributed by atoms with Gasteiger partial charge < -0.3 is 9.88 Å². The van der Waals surface area contributed by atoms with Gasteiger partial charge in [0, 0.05) is 7.05 Å². The van der Waals surface area contributed by atoms with Crippen LogP contribution < -0.4 is 5.32 Å². The third-order valence-corrected chi connectivity index (χ3v) is 4.77. The molecular formula is C17H24N4OS. The molecule has 2 rings (SSSR count). The molecule has 2 aromatic rings. The van der Waals surface area contributed by atoms with Crippen LogP contribution in [0.15, 0.2) is 35.7 Å². The second kappa shape index (κ2) is 8.15. The molecular weight excluding hydrogens is 308 g/mol. The van der Waals surface area contributed by atoms with E-state index in [2.05, 4.69) is 60.6 Å². The summed E-state index contributed by atoms with van der Waals surface area (Å²) in [6.45, 7) is 6.38. The Labute approximate surface area is 141 Å². The van der Waals surface area contributed by atoms with Crippen LogP contribution >= 0.6 is 11.8 Å². The summed E-state index contributed by atoms with van der Waals surface area (Å²) in [6.07, 6.45) is 2.65. The van der Waals surface area contributed by atoms with Gasteiger partial charge in [0.25, 0.3) is 0 Å². The highest BCUT2D eigenvalue weighted by Gasteiger charge is 2.18. The quantitative estimate of drug-likeness (QED) is 0.792. The maximum absolute atomic E-state index is 12.3. The highest BCUT2D eigenvalue weighted by molar-refractivity contribution is 7.99. The van der Waals surface area contributed by atoms with Crippen LogP contribution in [0.3, 0.4) is 0 Å². The third-order valence-electron chi connectivity index (χ3n) is 3.73. The van der Waals surface area contributed by atoms with E-state index in [0.29, 0.717) is 11.7 Å². The minimum absolute atomic E-state index is 0.0104. The minimum Gasteiger partial charge on any atom is -0.348 e. The molecule has 1 N–H and O–H groups in total. The van der Waals surface area contributed by atoms with Gasteiger partial charge in [0.15, 0.2) is 5.16 Å². The van der Waals surface area contributed by atoms with Crippen molar-refractivity contribution < 1.29 is 4.79 Å². The number of amides is 1. The Morgan fingerprint density at radius 2 is 2.00 bits per heavy atom. The molecule has 124 valence electrons. The zero-order chi connectivity index (χ0) is 16.8. The van der Waals surface area contributed by atoms with Crippen molar-refractivity contribution in [2.24, 2.45) is 13.0 Å². The van der Waals surface area contributed by atoms with Crippen LogP contribution in [-0.2, 0) is 18.3 Å². The van der Waals surface area contributed by atoms with E-state index >= 15 is 0 Å². The summed E-state index contributed by atoms with van der Waals surface area (Å²) < 4.78 is 1.81. The van der Waals surface area contributed by atoms with Gasteiger partial charge in [-0.2, -0.15) is 0 Å². The number of rotatable bonds is 7. The summed E-state index contributed by atoms with van der Waals surface area (Å²) in [7, 11) is 1.87.